The maximum absolute atomic E-state index is 13.4. The van der Waals surface area contributed by atoms with Crippen LogP contribution in [0.2, 0.25) is 0 Å². The van der Waals surface area contributed by atoms with Crippen LogP contribution in [-0.2, 0) is 16.0 Å². The molecule has 0 unspecified atom stereocenters. The summed E-state index contributed by atoms with van der Waals surface area (Å²) in [5.74, 6) is -0.0237. The first-order chi connectivity index (χ1) is 14.1. The molecular weight excluding hydrogens is 380 g/mol. The zero-order valence-corrected chi connectivity index (χ0v) is 18.3. The molecule has 1 heterocycles. The summed E-state index contributed by atoms with van der Waals surface area (Å²) in [6, 6.07) is 11.6. The average Bonchev–Trinajstić information content (AvgIpc) is 3.40. The molecule has 0 spiro atoms. The molecule has 1 atom stereocenters. The Kier molecular flexibility index (Phi) is 7.87. The quantitative estimate of drug-likeness (QED) is 0.628. The summed E-state index contributed by atoms with van der Waals surface area (Å²) in [4.78, 5) is 29.5. The molecule has 1 aliphatic carbocycles. The van der Waals surface area contributed by atoms with Gasteiger partial charge in [0.25, 0.3) is 0 Å². The summed E-state index contributed by atoms with van der Waals surface area (Å²) in [6.45, 7) is 4.74. The van der Waals surface area contributed by atoms with Crippen molar-refractivity contribution in [1.29, 1.82) is 0 Å². The number of amides is 2. The average molecular weight is 413 g/mol. The molecule has 1 aliphatic rings. The van der Waals surface area contributed by atoms with E-state index < -0.39 is 6.04 Å². The van der Waals surface area contributed by atoms with E-state index in [1.807, 2.05) is 48.7 Å². The van der Waals surface area contributed by atoms with E-state index in [0.717, 1.165) is 54.5 Å². The van der Waals surface area contributed by atoms with E-state index in [9.17, 15) is 9.59 Å². The molecule has 2 aromatic rings. The van der Waals surface area contributed by atoms with Crippen molar-refractivity contribution < 1.29 is 9.59 Å². The lowest BCUT2D eigenvalue weighted by Gasteiger charge is -2.32. The second-order valence-corrected chi connectivity index (χ2v) is 9.03. The van der Waals surface area contributed by atoms with E-state index in [0.29, 0.717) is 13.0 Å². The zero-order valence-electron chi connectivity index (χ0n) is 17.5. The van der Waals surface area contributed by atoms with Gasteiger partial charge in [0.1, 0.15) is 6.04 Å². The Balaban J connectivity index is 1.88. The highest BCUT2D eigenvalue weighted by atomic mass is 32.1. The number of unbranched alkanes of at least 4 members (excludes halogenated alkanes) is 1. The highest BCUT2D eigenvalue weighted by Gasteiger charge is 2.32. The Hall–Kier alpha value is -2.14. The third-order valence-corrected chi connectivity index (χ3v) is 6.51. The molecule has 29 heavy (non-hydrogen) atoms. The molecule has 0 saturated heterocycles. The van der Waals surface area contributed by atoms with Gasteiger partial charge in [-0.25, -0.2) is 0 Å². The van der Waals surface area contributed by atoms with Gasteiger partial charge in [-0.15, -0.1) is 11.3 Å². The number of nitrogens with zero attached hydrogens (tertiary/aromatic N) is 1. The summed E-state index contributed by atoms with van der Waals surface area (Å²) in [6.07, 6.45) is 6.60. The standard InChI is InChI=1S/C24H32N2O2S/c1-3-4-15-26(22(27)17-21-10-7-16-29-21)23(19-13-11-18(2)12-14-19)24(28)25-20-8-5-6-9-20/h7,10-14,16,20,23H,3-6,8-9,15,17H2,1-2H3,(H,25,28)/t23-/m1/s1. The van der Waals surface area contributed by atoms with Crippen LogP contribution in [0, 0.1) is 6.92 Å². The van der Waals surface area contributed by atoms with Crippen molar-refractivity contribution in [2.24, 2.45) is 0 Å². The maximum Gasteiger partial charge on any atom is 0.247 e. The molecule has 1 saturated carbocycles. The summed E-state index contributed by atoms with van der Waals surface area (Å²) in [5, 5.41) is 5.22. The summed E-state index contributed by atoms with van der Waals surface area (Å²) >= 11 is 1.59. The third-order valence-electron chi connectivity index (χ3n) is 5.63. The molecule has 1 aromatic carbocycles. The van der Waals surface area contributed by atoms with Gasteiger partial charge in [-0.2, -0.15) is 0 Å². The molecule has 1 fully saturated rings. The SMILES string of the molecule is CCCCN(C(=O)Cc1cccs1)[C@@H](C(=O)NC1CCCC1)c1ccc(C)cc1. The maximum atomic E-state index is 13.4. The summed E-state index contributed by atoms with van der Waals surface area (Å²) in [7, 11) is 0. The molecule has 0 bridgehead atoms. The van der Waals surface area contributed by atoms with E-state index in [2.05, 4.69) is 12.2 Å². The van der Waals surface area contributed by atoms with Gasteiger partial charge in [-0.3, -0.25) is 9.59 Å². The number of carbonyl (C=O) groups is 2. The fourth-order valence-corrected chi connectivity index (χ4v) is 4.66. The van der Waals surface area contributed by atoms with Crippen molar-refractivity contribution >= 4 is 23.2 Å². The Morgan fingerprint density at radius 1 is 1.17 bits per heavy atom. The van der Waals surface area contributed by atoms with Crippen LogP contribution in [0.25, 0.3) is 0 Å². The Bertz CT molecular complexity index is 780. The molecule has 156 valence electrons. The van der Waals surface area contributed by atoms with Crippen molar-refractivity contribution in [3.8, 4) is 0 Å². The molecule has 1 N–H and O–H groups in total. The van der Waals surface area contributed by atoms with E-state index in [-0.39, 0.29) is 17.9 Å². The molecule has 0 aliphatic heterocycles. The van der Waals surface area contributed by atoms with Crippen LogP contribution in [0.15, 0.2) is 41.8 Å². The second-order valence-electron chi connectivity index (χ2n) is 8.00. The van der Waals surface area contributed by atoms with Gasteiger partial charge in [0.2, 0.25) is 11.8 Å². The highest BCUT2D eigenvalue weighted by molar-refractivity contribution is 7.10. The Morgan fingerprint density at radius 2 is 1.90 bits per heavy atom. The summed E-state index contributed by atoms with van der Waals surface area (Å²) < 4.78 is 0. The van der Waals surface area contributed by atoms with E-state index in [4.69, 9.17) is 0 Å². The van der Waals surface area contributed by atoms with E-state index in [1.54, 1.807) is 16.2 Å². The fraction of sp³-hybridized carbons (Fsp3) is 0.500. The van der Waals surface area contributed by atoms with Gasteiger partial charge in [0, 0.05) is 17.5 Å². The molecule has 4 nitrogen and oxygen atoms in total. The first-order valence-corrected chi connectivity index (χ1v) is 11.6. The van der Waals surface area contributed by atoms with Crippen LogP contribution >= 0.6 is 11.3 Å². The van der Waals surface area contributed by atoms with Gasteiger partial charge in [-0.1, -0.05) is 62.1 Å². The van der Waals surface area contributed by atoms with Gasteiger partial charge in [0.15, 0.2) is 0 Å². The number of hydrogen-bond donors (Lipinski definition) is 1. The minimum atomic E-state index is -0.574. The monoisotopic (exact) mass is 412 g/mol. The van der Waals surface area contributed by atoms with Crippen molar-refractivity contribution in [3.05, 3.63) is 57.8 Å². The van der Waals surface area contributed by atoms with Crippen molar-refractivity contribution in [2.75, 3.05) is 6.54 Å². The lowest BCUT2D eigenvalue weighted by molar-refractivity contribution is -0.140. The molecule has 2 amide bonds. The smallest absolute Gasteiger partial charge is 0.247 e. The number of hydrogen-bond acceptors (Lipinski definition) is 3. The number of nitrogens with one attached hydrogen (secondary N) is 1. The Morgan fingerprint density at radius 3 is 2.52 bits per heavy atom. The molecule has 5 heteroatoms. The topological polar surface area (TPSA) is 49.4 Å². The minimum absolute atomic E-state index is 0.0213. The van der Waals surface area contributed by atoms with E-state index in [1.165, 1.54) is 0 Å². The van der Waals surface area contributed by atoms with Gasteiger partial charge < -0.3 is 10.2 Å². The Labute approximate surface area is 178 Å². The lowest BCUT2D eigenvalue weighted by atomic mass is 10.0. The molecular formula is C24H32N2O2S. The van der Waals surface area contributed by atoms with Crippen molar-refractivity contribution in [1.82, 2.24) is 10.2 Å². The lowest BCUT2D eigenvalue weighted by Crippen LogP contribution is -2.46. The van der Waals surface area contributed by atoms with Crippen LogP contribution in [0.3, 0.4) is 0 Å². The van der Waals surface area contributed by atoms with Crippen LogP contribution in [-0.4, -0.2) is 29.3 Å². The molecule has 1 aromatic heterocycles. The fourth-order valence-electron chi connectivity index (χ4n) is 3.96. The molecule has 3 rings (SSSR count). The van der Waals surface area contributed by atoms with Crippen LogP contribution in [0.4, 0.5) is 0 Å². The number of thiophene rings is 1. The number of aryl methyl sites for hydroxylation is 1. The number of benzene rings is 1. The minimum Gasteiger partial charge on any atom is -0.351 e. The van der Waals surface area contributed by atoms with Gasteiger partial charge in [-0.05, 0) is 43.2 Å². The highest BCUT2D eigenvalue weighted by Crippen LogP contribution is 2.26. The first kappa shape index (κ1) is 21.6. The predicted molar refractivity (Wildman–Crippen MR) is 119 cm³/mol. The third kappa shape index (κ3) is 5.92. The number of rotatable bonds is 9. The van der Waals surface area contributed by atoms with Gasteiger partial charge in [0.05, 0.1) is 6.42 Å². The predicted octanol–water partition coefficient (Wildman–Crippen LogP) is 5.03. The van der Waals surface area contributed by atoms with Crippen molar-refractivity contribution in [2.45, 2.75) is 70.9 Å². The normalized spacial score (nSPS) is 15.2. The van der Waals surface area contributed by atoms with Gasteiger partial charge >= 0.3 is 0 Å². The van der Waals surface area contributed by atoms with Crippen LogP contribution < -0.4 is 5.32 Å². The zero-order chi connectivity index (χ0) is 20.6. The van der Waals surface area contributed by atoms with Crippen LogP contribution in [0.1, 0.15) is 67.5 Å². The van der Waals surface area contributed by atoms with Crippen LogP contribution in [0.5, 0.6) is 0 Å². The summed E-state index contributed by atoms with van der Waals surface area (Å²) in [5.41, 5.74) is 2.04. The first-order valence-electron chi connectivity index (χ1n) is 10.8. The largest absolute Gasteiger partial charge is 0.351 e. The van der Waals surface area contributed by atoms with Crippen molar-refractivity contribution in [3.63, 3.8) is 0 Å². The second kappa shape index (κ2) is 10.6. The van der Waals surface area contributed by atoms with E-state index >= 15 is 0 Å². The number of carbonyl (C=O) groups excluding carboxylic acids is 2. The molecule has 0 radical (unpaired) electrons.